The third-order valence-electron chi connectivity index (χ3n) is 3.01. The summed E-state index contributed by atoms with van der Waals surface area (Å²) < 4.78 is 0. The van der Waals surface area contributed by atoms with Gasteiger partial charge in [0, 0.05) is 18.1 Å². The molecule has 2 heteroatoms. The van der Waals surface area contributed by atoms with Crippen molar-refractivity contribution in [3.05, 3.63) is 70.8 Å². The lowest BCUT2D eigenvalue weighted by molar-refractivity contribution is 1.06. The predicted molar refractivity (Wildman–Crippen MR) is 80.5 cm³/mol. The Morgan fingerprint density at radius 3 is 2.50 bits per heavy atom. The number of hydrogen-bond donors (Lipinski definition) is 1. The summed E-state index contributed by atoms with van der Waals surface area (Å²) in [7, 11) is 0. The molecule has 0 radical (unpaired) electrons. The second kappa shape index (κ2) is 6.62. The van der Waals surface area contributed by atoms with Crippen molar-refractivity contribution >= 4 is 11.8 Å². The quantitative estimate of drug-likeness (QED) is 0.879. The van der Waals surface area contributed by atoms with Gasteiger partial charge in [0.05, 0.1) is 0 Å². The highest BCUT2D eigenvalue weighted by molar-refractivity contribution is 7.97. The van der Waals surface area contributed by atoms with Gasteiger partial charge >= 0.3 is 0 Å². The van der Waals surface area contributed by atoms with Crippen LogP contribution in [0.3, 0.4) is 0 Å². The average Bonchev–Trinajstić information content (AvgIpc) is 2.41. The molecule has 0 saturated heterocycles. The maximum atomic E-state index is 5.65. The van der Waals surface area contributed by atoms with E-state index in [0.717, 1.165) is 11.5 Å². The number of aryl methyl sites for hydroxylation is 1. The van der Waals surface area contributed by atoms with Gasteiger partial charge in [-0.25, -0.2) is 0 Å². The van der Waals surface area contributed by atoms with Crippen molar-refractivity contribution in [2.45, 2.75) is 25.0 Å². The monoisotopic (exact) mass is 257 g/mol. The second-order valence-corrected chi connectivity index (χ2v) is 5.43. The maximum absolute atomic E-state index is 5.65. The van der Waals surface area contributed by atoms with Crippen LogP contribution in [0.15, 0.2) is 48.5 Å². The highest BCUT2D eigenvalue weighted by atomic mass is 32.2. The Morgan fingerprint density at radius 1 is 0.944 bits per heavy atom. The van der Waals surface area contributed by atoms with Crippen LogP contribution in [0, 0.1) is 6.92 Å². The molecule has 0 amide bonds. The second-order valence-electron chi connectivity index (χ2n) is 4.44. The Morgan fingerprint density at radius 2 is 1.72 bits per heavy atom. The van der Waals surface area contributed by atoms with Gasteiger partial charge in [-0.1, -0.05) is 48.5 Å². The van der Waals surface area contributed by atoms with Gasteiger partial charge in [0.25, 0.3) is 0 Å². The number of rotatable bonds is 5. The van der Waals surface area contributed by atoms with Gasteiger partial charge in [-0.3, -0.25) is 0 Å². The van der Waals surface area contributed by atoms with E-state index in [1.165, 1.54) is 22.3 Å². The molecule has 0 unspecified atom stereocenters. The molecule has 0 aliphatic carbocycles. The molecule has 2 rings (SSSR count). The standard InChI is InChI=1S/C16H19NS/c1-13-5-2-3-8-16(13)12-18-11-15-7-4-6-14(9-15)10-17/h2-9H,10-12,17H2,1H3. The smallest absolute Gasteiger partial charge is 0.0190 e. The molecule has 0 bridgehead atoms. The predicted octanol–water partition coefficient (Wildman–Crippen LogP) is 3.89. The first-order chi connectivity index (χ1) is 8.79. The van der Waals surface area contributed by atoms with Crippen LogP contribution in [0.4, 0.5) is 0 Å². The zero-order valence-corrected chi connectivity index (χ0v) is 11.5. The minimum atomic E-state index is 0.621. The van der Waals surface area contributed by atoms with Gasteiger partial charge in [0.15, 0.2) is 0 Å². The number of benzene rings is 2. The first-order valence-electron chi connectivity index (χ1n) is 6.19. The normalized spacial score (nSPS) is 10.6. The topological polar surface area (TPSA) is 26.0 Å². The molecule has 0 saturated carbocycles. The SMILES string of the molecule is Cc1ccccc1CSCc1cccc(CN)c1. The van der Waals surface area contributed by atoms with Gasteiger partial charge < -0.3 is 5.73 Å². The van der Waals surface area contributed by atoms with E-state index in [2.05, 4.69) is 55.5 Å². The van der Waals surface area contributed by atoms with Gasteiger partial charge in [-0.15, -0.1) is 0 Å². The molecule has 2 N–H and O–H groups in total. The molecule has 0 aliphatic heterocycles. The van der Waals surface area contributed by atoms with E-state index in [-0.39, 0.29) is 0 Å². The van der Waals surface area contributed by atoms with Crippen molar-refractivity contribution < 1.29 is 0 Å². The lowest BCUT2D eigenvalue weighted by Crippen LogP contribution is -1.96. The van der Waals surface area contributed by atoms with E-state index < -0.39 is 0 Å². The molecule has 2 aromatic rings. The van der Waals surface area contributed by atoms with Crippen LogP contribution in [0.25, 0.3) is 0 Å². The lowest BCUT2D eigenvalue weighted by atomic mass is 10.1. The summed E-state index contributed by atoms with van der Waals surface area (Å²) in [5.74, 6) is 2.11. The molecule has 2 aromatic carbocycles. The molecule has 0 atom stereocenters. The average molecular weight is 257 g/mol. The fourth-order valence-electron chi connectivity index (χ4n) is 1.90. The third-order valence-corrected chi connectivity index (χ3v) is 4.07. The van der Waals surface area contributed by atoms with E-state index in [4.69, 9.17) is 5.73 Å². The largest absolute Gasteiger partial charge is 0.326 e. The van der Waals surface area contributed by atoms with Crippen molar-refractivity contribution in [3.8, 4) is 0 Å². The summed E-state index contributed by atoms with van der Waals surface area (Å²) in [6.07, 6.45) is 0. The van der Waals surface area contributed by atoms with E-state index in [9.17, 15) is 0 Å². The Bertz CT molecular complexity index is 508. The Balaban J connectivity index is 1.90. The van der Waals surface area contributed by atoms with E-state index in [0.29, 0.717) is 6.54 Å². The fourth-order valence-corrected chi connectivity index (χ4v) is 2.96. The van der Waals surface area contributed by atoms with Crippen molar-refractivity contribution in [3.63, 3.8) is 0 Å². The summed E-state index contributed by atoms with van der Waals surface area (Å²) in [5.41, 5.74) is 11.0. The molecule has 0 aromatic heterocycles. The van der Waals surface area contributed by atoms with Crippen LogP contribution in [0.5, 0.6) is 0 Å². The number of nitrogens with two attached hydrogens (primary N) is 1. The molecule has 18 heavy (non-hydrogen) atoms. The Kier molecular flexibility index (Phi) is 4.85. The van der Waals surface area contributed by atoms with Crippen LogP contribution < -0.4 is 5.73 Å². The van der Waals surface area contributed by atoms with Crippen molar-refractivity contribution in [1.82, 2.24) is 0 Å². The van der Waals surface area contributed by atoms with Gasteiger partial charge in [0.1, 0.15) is 0 Å². The Labute approximate surface area is 113 Å². The molecule has 94 valence electrons. The van der Waals surface area contributed by atoms with Gasteiger partial charge in [-0.2, -0.15) is 11.8 Å². The van der Waals surface area contributed by atoms with Gasteiger partial charge in [-0.05, 0) is 29.2 Å². The minimum absolute atomic E-state index is 0.621. The zero-order chi connectivity index (χ0) is 12.8. The van der Waals surface area contributed by atoms with Crippen molar-refractivity contribution in [2.24, 2.45) is 5.73 Å². The van der Waals surface area contributed by atoms with Crippen LogP contribution in [-0.4, -0.2) is 0 Å². The summed E-state index contributed by atoms with van der Waals surface area (Å²) in [5, 5.41) is 0. The number of thioether (sulfide) groups is 1. The summed E-state index contributed by atoms with van der Waals surface area (Å²) in [4.78, 5) is 0. The minimum Gasteiger partial charge on any atom is -0.326 e. The third kappa shape index (κ3) is 3.62. The highest BCUT2D eigenvalue weighted by Crippen LogP contribution is 2.20. The summed E-state index contributed by atoms with van der Waals surface area (Å²) in [6, 6.07) is 17.1. The van der Waals surface area contributed by atoms with E-state index in [1.807, 2.05) is 11.8 Å². The molecule has 0 fully saturated rings. The molecular weight excluding hydrogens is 238 g/mol. The molecule has 0 heterocycles. The van der Waals surface area contributed by atoms with Crippen molar-refractivity contribution in [2.75, 3.05) is 0 Å². The van der Waals surface area contributed by atoms with Crippen LogP contribution >= 0.6 is 11.8 Å². The number of hydrogen-bond acceptors (Lipinski definition) is 2. The summed E-state index contributed by atoms with van der Waals surface area (Å²) >= 11 is 1.95. The first-order valence-corrected chi connectivity index (χ1v) is 7.35. The Hall–Kier alpha value is -1.25. The zero-order valence-electron chi connectivity index (χ0n) is 10.7. The van der Waals surface area contributed by atoms with E-state index >= 15 is 0 Å². The van der Waals surface area contributed by atoms with Crippen LogP contribution in [0.2, 0.25) is 0 Å². The van der Waals surface area contributed by atoms with Crippen LogP contribution in [-0.2, 0) is 18.1 Å². The molecule has 0 aliphatic rings. The lowest BCUT2D eigenvalue weighted by Gasteiger charge is -2.06. The molecule has 0 spiro atoms. The highest BCUT2D eigenvalue weighted by Gasteiger charge is 1.99. The molecular formula is C16H19NS. The summed E-state index contributed by atoms with van der Waals surface area (Å²) in [6.45, 7) is 2.79. The van der Waals surface area contributed by atoms with Crippen LogP contribution in [0.1, 0.15) is 22.3 Å². The maximum Gasteiger partial charge on any atom is 0.0190 e. The van der Waals surface area contributed by atoms with E-state index in [1.54, 1.807) is 0 Å². The first kappa shape index (κ1) is 13.2. The molecule has 1 nitrogen and oxygen atoms in total. The fraction of sp³-hybridized carbons (Fsp3) is 0.250. The van der Waals surface area contributed by atoms with Crippen molar-refractivity contribution in [1.29, 1.82) is 0 Å². The van der Waals surface area contributed by atoms with Gasteiger partial charge in [0.2, 0.25) is 0 Å².